The molecule has 0 aliphatic rings. The van der Waals surface area contributed by atoms with Crippen molar-refractivity contribution >= 4 is 29.1 Å². The molecule has 0 saturated heterocycles. The second-order valence-corrected chi connectivity index (χ2v) is 3.85. The third-order valence-corrected chi connectivity index (χ3v) is 2.27. The first-order valence-corrected chi connectivity index (χ1v) is 5.81. The molecule has 2 amide bonds. The van der Waals surface area contributed by atoms with Gasteiger partial charge in [-0.05, 0) is 36.5 Å². The molecule has 4 N–H and O–H groups in total. The molecule has 0 atom stereocenters. The van der Waals surface area contributed by atoms with Gasteiger partial charge in [-0.25, -0.2) is 0 Å². The van der Waals surface area contributed by atoms with Gasteiger partial charge in [-0.15, -0.1) is 0 Å². The van der Waals surface area contributed by atoms with Crippen molar-refractivity contribution < 1.29 is 18.4 Å². The maximum Gasteiger partial charge on any atom is 0.305 e. The number of hydrogen-bond acceptors (Lipinski definition) is 5. The van der Waals surface area contributed by atoms with Crippen LogP contribution in [0.15, 0.2) is 45.6 Å². The second kappa shape index (κ2) is 6.38. The Balaban J connectivity index is 1.71. The zero-order chi connectivity index (χ0) is 14.4. The fourth-order valence-corrected chi connectivity index (χ4v) is 1.30. The smallest absolute Gasteiger partial charge is 0.305 e. The van der Waals surface area contributed by atoms with E-state index in [1.807, 2.05) is 0 Å². The molecule has 8 nitrogen and oxygen atoms in total. The summed E-state index contributed by atoms with van der Waals surface area (Å²) >= 11 is 4.84. The van der Waals surface area contributed by atoms with Crippen molar-refractivity contribution in [1.82, 2.24) is 21.7 Å². The fraction of sp³-hybridized carbons (Fsp3) is 0. The Labute approximate surface area is 118 Å². The van der Waals surface area contributed by atoms with Gasteiger partial charge in [0.2, 0.25) is 5.11 Å². The van der Waals surface area contributed by atoms with Gasteiger partial charge in [-0.3, -0.25) is 31.3 Å². The number of thiocarbonyl (C=S) groups is 1. The van der Waals surface area contributed by atoms with Crippen molar-refractivity contribution in [2.75, 3.05) is 0 Å². The highest BCUT2D eigenvalue weighted by Gasteiger charge is 2.10. The lowest BCUT2D eigenvalue weighted by molar-refractivity contribution is 0.0915. The summed E-state index contributed by atoms with van der Waals surface area (Å²) in [6.45, 7) is 0. The molecule has 104 valence electrons. The molecular weight excluding hydrogens is 284 g/mol. The lowest BCUT2D eigenvalue weighted by Gasteiger charge is -2.10. The number of carbonyl (C=O) groups is 2. The van der Waals surface area contributed by atoms with E-state index in [1.54, 1.807) is 12.1 Å². The molecule has 2 aromatic heterocycles. The van der Waals surface area contributed by atoms with Crippen LogP contribution in [-0.2, 0) is 0 Å². The molecule has 0 spiro atoms. The van der Waals surface area contributed by atoms with Crippen LogP contribution in [0.1, 0.15) is 21.1 Å². The largest absolute Gasteiger partial charge is 0.459 e. The van der Waals surface area contributed by atoms with Crippen LogP contribution >= 0.6 is 12.2 Å². The number of rotatable bonds is 2. The summed E-state index contributed by atoms with van der Waals surface area (Å²) in [6.07, 6.45) is 2.74. The zero-order valence-electron chi connectivity index (χ0n) is 10.0. The second-order valence-electron chi connectivity index (χ2n) is 3.44. The minimum absolute atomic E-state index is 0.00943. The number of furan rings is 2. The van der Waals surface area contributed by atoms with Crippen LogP contribution in [0.5, 0.6) is 0 Å². The first-order chi connectivity index (χ1) is 9.66. The summed E-state index contributed by atoms with van der Waals surface area (Å²) < 4.78 is 9.75. The van der Waals surface area contributed by atoms with Gasteiger partial charge in [0, 0.05) is 0 Å². The van der Waals surface area contributed by atoms with Crippen LogP contribution in [0.25, 0.3) is 0 Å². The highest BCUT2D eigenvalue weighted by Crippen LogP contribution is 1.98. The molecule has 2 rings (SSSR count). The van der Waals surface area contributed by atoms with E-state index in [9.17, 15) is 9.59 Å². The Bertz CT molecular complexity index is 542. The normalized spacial score (nSPS) is 9.60. The SMILES string of the molecule is O=C(NNC(=S)NNC(=O)c1ccco1)c1ccco1. The van der Waals surface area contributed by atoms with Crippen molar-refractivity contribution in [3.05, 3.63) is 48.3 Å². The van der Waals surface area contributed by atoms with E-state index in [4.69, 9.17) is 21.1 Å². The van der Waals surface area contributed by atoms with Crippen LogP contribution in [0, 0.1) is 0 Å². The monoisotopic (exact) mass is 294 g/mol. The van der Waals surface area contributed by atoms with Gasteiger partial charge in [0.25, 0.3) is 0 Å². The van der Waals surface area contributed by atoms with Crippen molar-refractivity contribution in [2.24, 2.45) is 0 Å². The van der Waals surface area contributed by atoms with E-state index in [0.717, 1.165) is 0 Å². The Hall–Kier alpha value is -2.81. The summed E-state index contributed by atoms with van der Waals surface area (Å²) in [6, 6.07) is 6.14. The molecule has 0 aromatic carbocycles. The van der Waals surface area contributed by atoms with Crippen LogP contribution in [0.3, 0.4) is 0 Å². The highest BCUT2D eigenvalue weighted by molar-refractivity contribution is 7.80. The van der Waals surface area contributed by atoms with E-state index >= 15 is 0 Å². The summed E-state index contributed by atoms with van der Waals surface area (Å²) in [5.74, 6) is -0.757. The summed E-state index contributed by atoms with van der Waals surface area (Å²) in [4.78, 5) is 23.0. The van der Waals surface area contributed by atoms with Crippen LogP contribution in [0.4, 0.5) is 0 Å². The van der Waals surface area contributed by atoms with Gasteiger partial charge in [0.1, 0.15) is 0 Å². The maximum absolute atomic E-state index is 11.5. The van der Waals surface area contributed by atoms with E-state index in [-0.39, 0.29) is 16.6 Å². The molecule has 0 fully saturated rings. The minimum Gasteiger partial charge on any atom is -0.459 e. The van der Waals surface area contributed by atoms with Crippen LogP contribution in [0.2, 0.25) is 0 Å². The average molecular weight is 294 g/mol. The molecule has 0 unspecified atom stereocenters. The molecular formula is C11H10N4O4S. The predicted octanol–water partition coefficient (Wildman–Crippen LogP) is 0.326. The lowest BCUT2D eigenvalue weighted by Crippen LogP contribution is -2.52. The Morgan fingerprint density at radius 1 is 0.850 bits per heavy atom. The van der Waals surface area contributed by atoms with E-state index in [2.05, 4.69) is 21.7 Å². The van der Waals surface area contributed by atoms with Gasteiger partial charge >= 0.3 is 11.8 Å². The number of hydrogen-bond donors (Lipinski definition) is 4. The van der Waals surface area contributed by atoms with E-state index in [1.165, 1.54) is 24.7 Å². The first kappa shape index (κ1) is 13.6. The molecule has 0 bridgehead atoms. The van der Waals surface area contributed by atoms with Gasteiger partial charge in [-0.2, -0.15) is 0 Å². The van der Waals surface area contributed by atoms with Crippen molar-refractivity contribution in [2.45, 2.75) is 0 Å². The topological polar surface area (TPSA) is 109 Å². The van der Waals surface area contributed by atoms with Crippen molar-refractivity contribution in [3.8, 4) is 0 Å². The summed E-state index contributed by atoms with van der Waals surface area (Å²) in [5, 5.41) is -0.00943. The predicted molar refractivity (Wildman–Crippen MR) is 71.2 cm³/mol. The molecule has 9 heteroatoms. The van der Waals surface area contributed by atoms with Gasteiger partial charge in [-0.1, -0.05) is 0 Å². The molecule has 2 heterocycles. The van der Waals surface area contributed by atoms with Gasteiger partial charge < -0.3 is 8.83 Å². The minimum atomic E-state index is -0.503. The maximum atomic E-state index is 11.5. The molecule has 0 aliphatic heterocycles. The average Bonchev–Trinajstić information content (AvgIpc) is 3.14. The Morgan fingerprint density at radius 3 is 1.65 bits per heavy atom. The number of carbonyl (C=O) groups excluding carboxylic acids is 2. The Morgan fingerprint density at radius 2 is 1.30 bits per heavy atom. The van der Waals surface area contributed by atoms with Crippen molar-refractivity contribution in [3.63, 3.8) is 0 Å². The molecule has 2 aromatic rings. The molecule has 0 aliphatic carbocycles. The lowest BCUT2D eigenvalue weighted by atomic mass is 10.4. The van der Waals surface area contributed by atoms with Gasteiger partial charge in [0.15, 0.2) is 11.5 Å². The van der Waals surface area contributed by atoms with Crippen molar-refractivity contribution in [1.29, 1.82) is 0 Å². The zero-order valence-corrected chi connectivity index (χ0v) is 10.8. The van der Waals surface area contributed by atoms with Crippen LogP contribution < -0.4 is 21.7 Å². The molecule has 0 saturated carbocycles. The number of amides is 2. The fourth-order valence-electron chi connectivity index (χ4n) is 1.20. The summed E-state index contributed by atoms with van der Waals surface area (Å²) in [7, 11) is 0. The third-order valence-electron chi connectivity index (χ3n) is 2.07. The highest BCUT2D eigenvalue weighted by atomic mass is 32.1. The standard InChI is InChI=1S/C11H10N4O4S/c16-9(7-3-1-5-18-7)12-14-11(20)15-13-10(17)8-4-2-6-19-8/h1-6H,(H,12,16)(H,13,17)(H2,14,15,20). The molecule has 20 heavy (non-hydrogen) atoms. The molecule has 0 radical (unpaired) electrons. The van der Waals surface area contributed by atoms with E-state index < -0.39 is 11.8 Å². The Kier molecular flexibility index (Phi) is 4.35. The number of nitrogens with one attached hydrogen (secondary N) is 4. The van der Waals surface area contributed by atoms with Gasteiger partial charge in [0.05, 0.1) is 12.5 Å². The number of hydrazine groups is 2. The van der Waals surface area contributed by atoms with E-state index in [0.29, 0.717) is 0 Å². The van der Waals surface area contributed by atoms with Crippen LogP contribution in [-0.4, -0.2) is 16.9 Å². The summed E-state index contributed by atoms with van der Waals surface area (Å²) in [5.41, 5.74) is 9.34. The first-order valence-electron chi connectivity index (χ1n) is 5.40. The third kappa shape index (κ3) is 3.59. The quantitative estimate of drug-likeness (QED) is 0.467.